The maximum Gasteiger partial charge on any atom is 0.246 e. The normalized spacial score (nSPS) is 11.4. The summed E-state index contributed by atoms with van der Waals surface area (Å²) < 4.78 is 12.9. The molecule has 0 aliphatic heterocycles. The lowest BCUT2D eigenvalue weighted by molar-refractivity contribution is -0.120. The summed E-state index contributed by atoms with van der Waals surface area (Å²) in [6.45, 7) is 1.75. The van der Waals surface area contributed by atoms with E-state index >= 15 is 0 Å². The van der Waals surface area contributed by atoms with Crippen molar-refractivity contribution < 1.29 is 9.18 Å². The van der Waals surface area contributed by atoms with E-state index in [1.165, 1.54) is 23.5 Å². The van der Waals surface area contributed by atoms with Crippen LogP contribution in [0.1, 0.15) is 17.5 Å². The predicted octanol–water partition coefficient (Wildman–Crippen LogP) is 4.03. The van der Waals surface area contributed by atoms with Crippen LogP contribution in [0.3, 0.4) is 0 Å². The molecule has 1 heterocycles. The topological polar surface area (TPSA) is 54.4 Å². The van der Waals surface area contributed by atoms with E-state index in [2.05, 4.69) is 15.5 Å². The summed E-state index contributed by atoms with van der Waals surface area (Å²) in [5.74, 6) is -0.547. The molecule has 0 radical (unpaired) electrons. The lowest BCUT2D eigenvalue weighted by Crippen LogP contribution is -2.21. The zero-order valence-corrected chi connectivity index (χ0v) is 14.4. The van der Waals surface area contributed by atoms with Crippen LogP contribution >= 0.6 is 11.3 Å². The maximum absolute atomic E-state index is 12.9. The summed E-state index contributed by atoms with van der Waals surface area (Å²) in [6, 6.07) is 15.8. The Morgan fingerprint density at radius 1 is 1.16 bits per heavy atom. The molecule has 0 spiro atoms. The number of carbonyl (C=O) groups is 1. The van der Waals surface area contributed by atoms with Crippen molar-refractivity contribution in [3.05, 3.63) is 76.4 Å². The van der Waals surface area contributed by atoms with Crippen molar-refractivity contribution in [1.29, 1.82) is 0 Å². The number of thiazole rings is 1. The van der Waals surface area contributed by atoms with E-state index in [1.807, 2.05) is 35.7 Å². The molecule has 4 nitrogen and oxygen atoms in total. The molecule has 25 heavy (non-hydrogen) atoms. The third kappa shape index (κ3) is 4.58. The molecule has 0 aliphatic carbocycles. The Kier molecular flexibility index (Phi) is 5.30. The largest absolute Gasteiger partial charge is 0.273 e. The van der Waals surface area contributed by atoms with Crippen LogP contribution in [0.4, 0.5) is 4.39 Å². The van der Waals surface area contributed by atoms with Crippen molar-refractivity contribution >= 4 is 23.0 Å². The van der Waals surface area contributed by atoms with Crippen LogP contribution in [0.2, 0.25) is 0 Å². The fourth-order valence-corrected chi connectivity index (χ4v) is 3.01. The fourth-order valence-electron chi connectivity index (χ4n) is 2.21. The van der Waals surface area contributed by atoms with Gasteiger partial charge in [0.05, 0.1) is 17.8 Å². The van der Waals surface area contributed by atoms with E-state index in [-0.39, 0.29) is 18.1 Å². The Hall–Kier alpha value is -2.86. The Balaban J connectivity index is 1.60. The Morgan fingerprint density at radius 3 is 2.60 bits per heavy atom. The van der Waals surface area contributed by atoms with Gasteiger partial charge in [-0.2, -0.15) is 5.10 Å². The van der Waals surface area contributed by atoms with E-state index in [1.54, 1.807) is 19.1 Å². The Bertz CT molecular complexity index is 889. The second kappa shape index (κ2) is 7.81. The molecule has 0 aliphatic rings. The first kappa shape index (κ1) is 17.0. The zero-order chi connectivity index (χ0) is 17.6. The van der Waals surface area contributed by atoms with Crippen molar-refractivity contribution in [3.8, 4) is 11.3 Å². The highest BCUT2D eigenvalue weighted by Gasteiger charge is 2.09. The van der Waals surface area contributed by atoms with Crippen LogP contribution in [-0.4, -0.2) is 16.6 Å². The fraction of sp³-hybridized carbons (Fsp3) is 0.105. The molecule has 126 valence electrons. The van der Waals surface area contributed by atoms with Crippen LogP contribution in [0, 0.1) is 5.82 Å². The summed E-state index contributed by atoms with van der Waals surface area (Å²) in [4.78, 5) is 16.5. The molecule has 1 aromatic heterocycles. The van der Waals surface area contributed by atoms with E-state index in [9.17, 15) is 9.18 Å². The highest BCUT2D eigenvalue weighted by molar-refractivity contribution is 7.10. The minimum Gasteiger partial charge on any atom is -0.273 e. The van der Waals surface area contributed by atoms with E-state index in [4.69, 9.17) is 0 Å². The van der Waals surface area contributed by atoms with Gasteiger partial charge in [-0.05, 0) is 24.6 Å². The number of aromatic nitrogens is 1. The SMILES string of the molecule is C/C(=N/NC(=O)Cc1nc(-c2ccccc2)cs1)c1ccc(F)cc1. The van der Waals surface area contributed by atoms with Crippen molar-refractivity contribution in [3.63, 3.8) is 0 Å². The van der Waals surface area contributed by atoms with E-state index in [0.29, 0.717) is 5.71 Å². The van der Waals surface area contributed by atoms with Crippen LogP contribution in [0.25, 0.3) is 11.3 Å². The van der Waals surface area contributed by atoms with Gasteiger partial charge in [0.2, 0.25) is 5.91 Å². The molecular formula is C19H16FN3OS. The molecule has 0 unspecified atom stereocenters. The lowest BCUT2D eigenvalue weighted by Gasteiger charge is -2.02. The van der Waals surface area contributed by atoms with E-state index < -0.39 is 0 Å². The lowest BCUT2D eigenvalue weighted by atomic mass is 10.1. The van der Waals surface area contributed by atoms with Gasteiger partial charge >= 0.3 is 0 Å². The van der Waals surface area contributed by atoms with Gasteiger partial charge in [0, 0.05) is 10.9 Å². The number of hydrazone groups is 1. The van der Waals surface area contributed by atoms with Gasteiger partial charge in [-0.25, -0.2) is 14.8 Å². The minimum atomic E-state index is -0.307. The number of hydrogen-bond acceptors (Lipinski definition) is 4. The third-order valence-corrected chi connectivity index (χ3v) is 4.39. The number of amides is 1. The first-order valence-electron chi connectivity index (χ1n) is 7.71. The number of carbonyl (C=O) groups excluding carboxylic acids is 1. The molecule has 0 fully saturated rings. The van der Waals surface area contributed by atoms with Gasteiger partial charge in [-0.1, -0.05) is 42.5 Å². The first-order valence-corrected chi connectivity index (χ1v) is 8.58. The summed E-state index contributed by atoms with van der Waals surface area (Å²) >= 11 is 1.44. The van der Waals surface area contributed by atoms with Crippen LogP contribution < -0.4 is 5.43 Å². The molecule has 0 atom stereocenters. The van der Waals surface area contributed by atoms with Gasteiger partial charge in [-0.3, -0.25) is 4.79 Å². The third-order valence-electron chi connectivity index (χ3n) is 3.54. The van der Waals surface area contributed by atoms with Crippen LogP contribution in [0.15, 0.2) is 65.1 Å². The van der Waals surface area contributed by atoms with Crippen LogP contribution in [0.5, 0.6) is 0 Å². The smallest absolute Gasteiger partial charge is 0.246 e. The number of benzene rings is 2. The summed E-state index contributed by atoms with van der Waals surface area (Å²) in [7, 11) is 0. The van der Waals surface area contributed by atoms with E-state index in [0.717, 1.165) is 21.8 Å². The monoisotopic (exact) mass is 353 g/mol. The maximum atomic E-state index is 12.9. The highest BCUT2D eigenvalue weighted by Crippen LogP contribution is 2.21. The molecule has 1 amide bonds. The quantitative estimate of drug-likeness (QED) is 0.556. The Morgan fingerprint density at radius 2 is 1.88 bits per heavy atom. The number of nitrogens with one attached hydrogen (secondary N) is 1. The molecule has 0 bridgehead atoms. The van der Waals surface area contributed by atoms with Gasteiger partial charge in [0.1, 0.15) is 10.8 Å². The summed E-state index contributed by atoms with van der Waals surface area (Å²) in [5.41, 5.74) is 5.76. The molecule has 2 aromatic carbocycles. The van der Waals surface area contributed by atoms with Crippen molar-refractivity contribution in [2.24, 2.45) is 5.10 Å². The molecule has 0 saturated heterocycles. The number of nitrogens with zero attached hydrogens (tertiary/aromatic N) is 2. The number of rotatable bonds is 5. The average Bonchev–Trinajstić information content (AvgIpc) is 3.09. The molecule has 1 N–H and O–H groups in total. The minimum absolute atomic E-state index is 0.164. The average molecular weight is 353 g/mol. The van der Waals surface area contributed by atoms with Gasteiger partial charge < -0.3 is 0 Å². The van der Waals surface area contributed by atoms with Crippen molar-refractivity contribution in [2.45, 2.75) is 13.3 Å². The number of halogens is 1. The molecular weight excluding hydrogens is 337 g/mol. The summed E-state index contributed by atoms with van der Waals surface area (Å²) in [5, 5.41) is 6.72. The number of hydrogen-bond donors (Lipinski definition) is 1. The molecule has 6 heteroatoms. The first-order chi connectivity index (χ1) is 12.1. The zero-order valence-electron chi connectivity index (χ0n) is 13.6. The highest BCUT2D eigenvalue weighted by atomic mass is 32.1. The van der Waals surface area contributed by atoms with Gasteiger partial charge in [0.25, 0.3) is 0 Å². The standard InChI is InChI=1S/C19H16FN3OS/c1-13(14-7-9-16(20)10-8-14)22-23-18(24)11-19-21-17(12-25-19)15-5-3-2-4-6-15/h2-10,12H,11H2,1H3,(H,23,24)/b22-13-. The predicted molar refractivity (Wildman–Crippen MR) is 98.0 cm³/mol. The molecule has 0 saturated carbocycles. The summed E-state index contributed by atoms with van der Waals surface area (Å²) in [6.07, 6.45) is 0.164. The van der Waals surface area contributed by atoms with Gasteiger partial charge in [-0.15, -0.1) is 11.3 Å². The second-order valence-electron chi connectivity index (χ2n) is 5.41. The Labute approximate surface area is 149 Å². The molecule has 3 rings (SSSR count). The van der Waals surface area contributed by atoms with Gasteiger partial charge in [0.15, 0.2) is 0 Å². The second-order valence-corrected chi connectivity index (χ2v) is 6.35. The van der Waals surface area contributed by atoms with Crippen LogP contribution in [-0.2, 0) is 11.2 Å². The van der Waals surface area contributed by atoms with Crippen molar-refractivity contribution in [2.75, 3.05) is 0 Å². The van der Waals surface area contributed by atoms with Crippen molar-refractivity contribution in [1.82, 2.24) is 10.4 Å². The molecule has 3 aromatic rings.